The summed E-state index contributed by atoms with van der Waals surface area (Å²) in [7, 11) is -2.41. The number of aromatic nitrogens is 4. The number of rotatable bonds is 5. The predicted molar refractivity (Wildman–Crippen MR) is 107 cm³/mol. The van der Waals surface area contributed by atoms with E-state index in [0.717, 1.165) is 10.2 Å². The molecule has 0 saturated carbocycles. The van der Waals surface area contributed by atoms with Crippen LogP contribution in [0.2, 0.25) is 0 Å². The number of methoxy groups -OCH3 is 1. The maximum absolute atomic E-state index is 13.1. The van der Waals surface area contributed by atoms with E-state index in [1.54, 1.807) is 48.5 Å². The zero-order valence-corrected chi connectivity index (χ0v) is 16.6. The molecule has 9 nitrogen and oxygen atoms in total. The van der Waals surface area contributed by atoms with Crippen LogP contribution in [0.25, 0.3) is 22.1 Å². The van der Waals surface area contributed by atoms with Crippen molar-refractivity contribution in [3.05, 3.63) is 64.8 Å². The SMILES string of the molecule is COC(=O)Cn1c(=O)n(Cc2nc3ccccc3n2S(C)(=O)=O)c2ccccc21. The van der Waals surface area contributed by atoms with Gasteiger partial charge in [0.25, 0.3) is 0 Å². The number of nitrogens with zero attached hydrogens (tertiary/aromatic N) is 4. The zero-order valence-electron chi connectivity index (χ0n) is 15.8. The third-order valence-electron chi connectivity index (χ3n) is 4.66. The molecule has 0 atom stereocenters. The Bertz CT molecular complexity index is 1410. The molecule has 0 spiro atoms. The number of para-hydroxylation sites is 4. The van der Waals surface area contributed by atoms with E-state index in [1.807, 2.05) is 0 Å². The smallest absolute Gasteiger partial charge is 0.330 e. The van der Waals surface area contributed by atoms with Crippen LogP contribution >= 0.6 is 0 Å². The van der Waals surface area contributed by atoms with Crippen LogP contribution in [-0.2, 0) is 32.6 Å². The van der Waals surface area contributed by atoms with Crippen molar-refractivity contribution in [3.8, 4) is 0 Å². The van der Waals surface area contributed by atoms with Crippen LogP contribution in [0.5, 0.6) is 0 Å². The predicted octanol–water partition coefficient (Wildman–Crippen LogP) is 1.18. The monoisotopic (exact) mass is 414 g/mol. The summed E-state index contributed by atoms with van der Waals surface area (Å²) in [5, 5.41) is 0. The number of fused-ring (bicyclic) bond motifs is 2. The molecule has 0 aliphatic rings. The number of hydrogen-bond acceptors (Lipinski definition) is 6. The van der Waals surface area contributed by atoms with Crippen molar-refractivity contribution in [2.75, 3.05) is 13.4 Å². The van der Waals surface area contributed by atoms with E-state index in [2.05, 4.69) is 9.72 Å². The van der Waals surface area contributed by atoms with Crippen LogP contribution in [0.3, 0.4) is 0 Å². The molecule has 0 N–H and O–H groups in total. The standard InChI is InChI=1S/C19H18N4O5S/c1-28-18(24)12-22-16-10-6-5-9-15(16)21(19(22)25)11-17-20-13-7-3-4-8-14(13)23(17)29(2,26)27/h3-10H,11-12H2,1-2H3. The molecule has 2 aromatic carbocycles. The van der Waals surface area contributed by atoms with Gasteiger partial charge in [0, 0.05) is 0 Å². The van der Waals surface area contributed by atoms with Crippen LogP contribution in [0.15, 0.2) is 53.3 Å². The van der Waals surface area contributed by atoms with E-state index in [-0.39, 0.29) is 18.9 Å². The first-order valence-corrected chi connectivity index (χ1v) is 10.6. The summed E-state index contributed by atoms with van der Waals surface area (Å²) in [4.78, 5) is 29.2. The van der Waals surface area contributed by atoms with Crippen LogP contribution in [0.1, 0.15) is 5.82 Å². The summed E-state index contributed by atoms with van der Waals surface area (Å²) >= 11 is 0. The molecule has 2 heterocycles. The average Bonchev–Trinajstić information content (AvgIpc) is 3.19. The third-order valence-corrected chi connectivity index (χ3v) is 5.73. The Labute approximate surface area is 165 Å². The second-order valence-electron chi connectivity index (χ2n) is 6.56. The van der Waals surface area contributed by atoms with Gasteiger partial charge in [0.05, 0.1) is 42.0 Å². The molecular weight excluding hydrogens is 396 g/mol. The Kier molecular flexibility index (Phi) is 4.50. The average molecular weight is 414 g/mol. The molecule has 4 aromatic rings. The Morgan fingerprint density at radius 1 is 1.00 bits per heavy atom. The third kappa shape index (κ3) is 3.21. The lowest BCUT2D eigenvalue weighted by Gasteiger charge is -2.07. The van der Waals surface area contributed by atoms with Gasteiger partial charge in [-0.15, -0.1) is 0 Å². The molecule has 29 heavy (non-hydrogen) atoms. The van der Waals surface area contributed by atoms with Gasteiger partial charge in [-0.1, -0.05) is 24.3 Å². The first kappa shape index (κ1) is 18.9. The lowest BCUT2D eigenvalue weighted by molar-refractivity contribution is -0.141. The molecule has 150 valence electrons. The van der Waals surface area contributed by atoms with Gasteiger partial charge < -0.3 is 4.74 Å². The van der Waals surface area contributed by atoms with Crippen molar-refractivity contribution in [1.29, 1.82) is 0 Å². The maximum atomic E-state index is 13.1. The number of hydrogen-bond donors (Lipinski definition) is 0. The van der Waals surface area contributed by atoms with Crippen molar-refractivity contribution < 1.29 is 17.9 Å². The van der Waals surface area contributed by atoms with Gasteiger partial charge in [-0.3, -0.25) is 13.9 Å². The molecule has 0 saturated heterocycles. The molecular formula is C19H18N4O5S. The molecule has 0 aliphatic carbocycles. The van der Waals surface area contributed by atoms with Crippen LogP contribution in [-0.4, -0.2) is 45.8 Å². The second-order valence-corrected chi connectivity index (χ2v) is 8.40. The topological polar surface area (TPSA) is 105 Å². The summed E-state index contributed by atoms with van der Waals surface area (Å²) in [6.07, 6.45) is 1.09. The number of ether oxygens (including phenoxy) is 1. The normalized spacial score (nSPS) is 11.9. The van der Waals surface area contributed by atoms with Crippen molar-refractivity contribution in [2.24, 2.45) is 0 Å². The van der Waals surface area contributed by atoms with Crippen molar-refractivity contribution in [1.82, 2.24) is 18.1 Å². The first-order valence-electron chi connectivity index (χ1n) is 8.73. The molecule has 4 rings (SSSR count). The lowest BCUT2D eigenvalue weighted by Crippen LogP contribution is -2.29. The highest BCUT2D eigenvalue weighted by Crippen LogP contribution is 2.20. The molecule has 0 fully saturated rings. The first-order chi connectivity index (χ1) is 13.8. The zero-order chi connectivity index (χ0) is 20.8. The van der Waals surface area contributed by atoms with Gasteiger partial charge in [0.15, 0.2) is 0 Å². The highest BCUT2D eigenvalue weighted by molar-refractivity contribution is 7.89. The van der Waals surface area contributed by atoms with E-state index in [1.165, 1.54) is 16.2 Å². The molecule has 10 heteroatoms. The summed E-state index contributed by atoms with van der Waals surface area (Å²) in [5.41, 5.74) is 1.61. The highest BCUT2D eigenvalue weighted by atomic mass is 32.2. The van der Waals surface area contributed by atoms with E-state index in [0.29, 0.717) is 22.1 Å². The summed E-state index contributed by atoms with van der Waals surface area (Å²) in [5.74, 6) is -0.352. The molecule has 0 bridgehead atoms. The number of esters is 1. The Morgan fingerprint density at radius 2 is 1.59 bits per heavy atom. The van der Waals surface area contributed by atoms with Crippen molar-refractivity contribution >= 4 is 38.1 Å². The second kappa shape index (κ2) is 6.89. The fourth-order valence-corrected chi connectivity index (χ4v) is 4.43. The van der Waals surface area contributed by atoms with E-state index in [9.17, 15) is 18.0 Å². The van der Waals surface area contributed by atoms with E-state index < -0.39 is 21.7 Å². The van der Waals surface area contributed by atoms with Crippen LogP contribution < -0.4 is 5.69 Å². The Balaban J connectivity index is 1.93. The number of carbonyl (C=O) groups is 1. The minimum atomic E-state index is -3.66. The maximum Gasteiger partial charge on any atom is 0.330 e. The van der Waals surface area contributed by atoms with Crippen LogP contribution in [0.4, 0.5) is 0 Å². The van der Waals surface area contributed by atoms with E-state index >= 15 is 0 Å². The van der Waals surface area contributed by atoms with Crippen molar-refractivity contribution in [2.45, 2.75) is 13.1 Å². The largest absolute Gasteiger partial charge is 0.468 e. The van der Waals surface area contributed by atoms with Gasteiger partial charge >= 0.3 is 11.7 Å². The fraction of sp³-hybridized carbons (Fsp3) is 0.211. The number of imidazole rings is 2. The summed E-state index contributed by atoms with van der Waals surface area (Å²) in [6.45, 7) is -0.319. The molecule has 0 amide bonds. The summed E-state index contributed by atoms with van der Waals surface area (Å²) < 4.78 is 33.4. The van der Waals surface area contributed by atoms with Gasteiger partial charge in [-0.05, 0) is 24.3 Å². The molecule has 0 radical (unpaired) electrons. The molecule has 2 aromatic heterocycles. The van der Waals surface area contributed by atoms with Gasteiger partial charge in [0.1, 0.15) is 12.4 Å². The quantitative estimate of drug-likeness (QED) is 0.454. The van der Waals surface area contributed by atoms with Crippen molar-refractivity contribution in [3.63, 3.8) is 0 Å². The van der Waals surface area contributed by atoms with Gasteiger partial charge in [-0.2, -0.15) is 0 Å². The highest BCUT2D eigenvalue weighted by Gasteiger charge is 2.21. The summed E-state index contributed by atoms with van der Waals surface area (Å²) in [6, 6.07) is 13.8. The Hall–Kier alpha value is -3.40. The number of benzene rings is 2. The minimum absolute atomic E-state index is 0.0741. The minimum Gasteiger partial charge on any atom is -0.468 e. The molecule has 0 unspecified atom stereocenters. The number of carbonyl (C=O) groups excluding carboxylic acids is 1. The van der Waals surface area contributed by atoms with Gasteiger partial charge in [-0.25, -0.2) is 22.2 Å². The molecule has 0 aliphatic heterocycles. The fourth-order valence-electron chi connectivity index (χ4n) is 3.44. The Morgan fingerprint density at radius 3 is 2.21 bits per heavy atom. The van der Waals surface area contributed by atoms with Crippen LogP contribution in [0, 0.1) is 0 Å². The van der Waals surface area contributed by atoms with E-state index in [4.69, 9.17) is 0 Å². The van der Waals surface area contributed by atoms with Gasteiger partial charge in [0.2, 0.25) is 10.0 Å². The lowest BCUT2D eigenvalue weighted by atomic mass is 10.3.